The van der Waals surface area contributed by atoms with Crippen molar-refractivity contribution in [2.75, 3.05) is 13.2 Å². The van der Waals surface area contributed by atoms with Crippen molar-refractivity contribution >= 4 is 11.9 Å². The minimum Gasteiger partial charge on any atom is -0.466 e. The van der Waals surface area contributed by atoms with Crippen LogP contribution in [0.15, 0.2) is 0 Å². The number of esters is 2. The van der Waals surface area contributed by atoms with Crippen LogP contribution in [0, 0.1) is 0 Å². The zero-order valence-corrected chi connectivity index (χ0v) is 23.7. The van der Waals surface area contributed by atoms with Crippen LogP contribution in [0.25, 0.3) is 0 Å². The topological polar surface area (TPSA) is 52.6 Å². The Morgan fingerprint density at radius 3 is 0.600 bits per heavy atom. The highest BCUT2D eigenvalue weighted by molar-refractivity contribution is 5.66. The monoisotopic (exact) mass is 496 g/mol. The van der Waals surface area contributed by atoms with Gasteiger partial charge in [0.25, 0.3) is 0 Å². The van der Waals surface area contributed by atoms with Crippen molar-refractivity contribution in [3.63, 3.8) is 0 Å². The molecule has 35 heavy (non-hydrogen) atoms. The maximum Gasteiger partial charge on any atom is 0.302 e. The van der Waals surface area contributed by atoms with Crippen LogP contribution in [0.5, 0.6) is 0 Å². The molecule has 0 amide bonds. The van der Waals surface area contributed by atoms with Crippen molar-refractivity contribution < 1.29 is 19.1 Å². The predicted molar refractivity (Wildman–Crippen MR) is 149 cm³/mol. The molecule has 4 heteroatoms. The van der Waals surface area contributed by atoms with Gasteiger partial charge < -0.3 is 9.47 Å². The van der Waals surface area contributed by atoms with Crippen LogP contribution in [0.1, 0.15) is 174 Å². The van der Waals surface area contributed by atoms with Crippen LogP contribution < -0.4 is 0 Å². The lowest BCUT2D eigenvalue weighted by molar-refractivity contribution is -0.142. The maximum atomic E-state index is 10.7. The van der Waals surface area contributed by atoms with E-state index in [-0.39, 0.29) is 11.9 Å². The third-order valence-corrected chi connectivity index (χ3v) is 6.90. The van der Waals surface area contributed by atoms with E-state index in [1.165, 1.54) is 162 Å². The molecule has 0 spiro atoms. The zero-order chi connectivity index (χ0) is 25.7. The molecular formula is C31H60O4. The summed E-state index contributed by atoms with van der Waals surface area (Å²) in [6.45, 7) is 4.16. The van der Waals surface area contributed by atoms with Gasteiger partial charge in [0.05, 0.1) is 13.2 Å². The largest absolute Gasteiger partial charge is 0.466 e. The third kappa shape index (κ3) is 32.9. The van der Waals surface area contributed by atoms with E-state index in [0.717, 1.165) is 12.8 Å². The standard InChI is InChI=1S/C31H60O4/c1-30(32)34-28-26-24-22-20-18-16-14-12-10-8-6-4-3-5-7-9-11-13-15-17-19-21-23-25-27-29-35-31(2)33/h3-29H2,1-2H3. The molecule has 0 unspecified atom stereocenters. The van der Waals surface area contributed by atoms with Gasteiger partial charge in [-0.3, -0.25) is 9.59 Å². The second kappa shape index (κ2) is 29.2. The lowest BCUT2D eigenvalue weighted by atomic mass is 10.0. The number of rotatable bonds is 28. The molecular weight excluding hydrogens is 436 g/mol. The van der Waals surface area contributed by atoms with E-state index >= 15 is 0 Å². The van der Waals surface area contributed by atoms with Crippen molar-refractivity contribution in [2.24, 2.45) is 0 Å². The van der Waals surface area contributed by atoms with Gasteiger partial charge in [-0.2, -0.15) is 0 Å². The Labute approximate surface area is 218 Å². The summed E-state index contributed by atoms with van der Waals surface area (Å²) in [7, 11) is 0. The van der Waals surface area contributed by atoms with Gasteiger partial charge in [0.1, 0.15) is 0 Å². The first kappa shape index (κ1) is 33.9. The molecule has 0 aliphatic heterocycles. The molecule has 0 aromatic rings. The molecule has 0 aliphatic carbocycles. The van der Waals surface area contributed by atoms with Crippen LogP contribution >= 0.6 is 0 Å². The molecule has 0 N–H and O–H groups in total. The number of hydrogen-bond acceptors (Lipinski definition) is 4. The van der Waals surface area contributed by atoms with Gasteiger partial charge in [0, 0.05) is 13.8 Å². The van der Waals surface area contributed by atoms with Crippen LogP contribution in [0.3, 0.4) is 0 Å². The lowest BCUT2D eigenvalue weighted by Gasteiger charge is -2.05. The summed E-state index contributed by atoms with van der Waals surface area (Å²) >= 11 is 0. The minimum absolute atomic E-state index is 0.156. The Hall–Kier alpha value is -1.06. The van der Waals surface area contributed by atoms with Gasteiger partial charge in [0.2, 0.25) is 0 Å². The van der Waals surface area contributed by atoms with E-state index in [1.807, 2.05) is 0 Å². The molecule has 0 saturated heterocycles. The molecule has 0 heterocycles. The highest BCUT2D eigenvalue weighted by atomic mass is 16.5. The Morgan fingerprint density at radius 1 is 0.314 bits per heavy atom. The Kier molecular flexibility index (Phi) is 28.3. The SMILES string of the molecule is CC(=O)OCCCCCCCCCCCCCCCCCCCCCCCCCCCOC(C)=O. The second-order valence-corrected chi connectivity index (χ2v) is 10.5. The summed E-state index contributed by atoms with van der Waals surface area (Å²) in [4.78, 5) is 21.3. The Bertz CT molecular complexity index is 409. The second-order valence-electron chi connectivity index (χ2n) is 10.5. The fourth-order valence-corrected chi connectivity index (χ4v) is 4.70. The normalized spacial score (nSPS) is 11.0. The summed E-state index contributed by atoms with van der Waals surface area (Å²) in [5, 5.41) is 0. The van der Waals surface area contributed by atoms with E-state index in [1.54, 1.807) is 0 Å². The zero-order valence-electron chi connectivity index (χ0n) is 23.7. The molecule has 0 radical (unpaired) electrons. The first-order chi connectivity index (χ1) is 17.1. The van der Waals surface area contributed by atoms with Crippen LogP contribution in [-0.2, 0) is 19.1 Å². The number of unbranched alkanes of at least 4 members (excludes halogenated alkanes) is 24. The van der Waals surface area contributed by atoms with Crippen molar-refractivity contribution in [3.8, 4) is 0 Å². The molecule has 0 atom stereocenters. The fourth-order valence-electron chi connectivity index (χ4n) is 4.70. The molecule has 0 aromatic heterocycles. The molecule has 4 nitrogen and oxygen atoms in total. The van der Waals surface area contributed by atoms with Crippen molar-refractivity contribution in [3.05, 3.63) is 0 Å². The van der Waals surface area contributed by atoms with E-state index in [2.05, 4.69) is 0 Å². The van der Waals surface area contributed by atoms with E-state index in [9.17, 15) is 9.59 Å². The van der Waals surface area contributed by atoms with Gasteiger partial charge in [-0.25, -0.2) is 0 Å². The van der Waals surface area contributed by atoms with Crippen molar-refractivity contribution in [2.45, 2.75) is 174 Å². The smallest absolute Gasteiger partial charge is 0.302 e. The minimum atomic E-state index is -0.156. The first-order valence-corrected chi connectivity index (χ1v) is 15.4. The quantitative estimate of drug-likeness (QED) is 0.0798. The van der Waals surface area contributed by atoms with Crippen molar-refractivity contribution in [1.82, 2.24) is 0 Å². The van der Waals surface area contributed by atoms with E-state index in [4.69, 9.17) is 9.47 Å². The van der Waals surface area contributed by atoms with Crippen molar-refractivity contribution in [1.29, 1.82) is 0 Å². The van der Waals surface area contributed by atoms with E-state index in [0.29, 0.717) is 13.2 Å². The van der Waals surface area contributed by atoms with Gasteiger partial charge in [-0.1, -0.05) is 148 Å². The number of ether oxygens (including phenoxy) is 2. The first-order valence-electron chi connectivity index (χ1n) is 15.4. The molecule has 0 aromatic carbocycles. The molecule has 0 aliphatic rings. The average Bonchev–Trinajstić information content (AvgIpc) is 2.82. The summed E-state index contributed by atoms with van der Waals surface area (Å²) < 4.78 is 9.91. The predicted octanol–water partition coefficient (Wildman–Crippen LogP) is 9.87. The summed E-state index contributed by atoms with van der Waals surface area (Å²) in [6, 6.07) is 0. The highest BCUT2D eigenvalue weighted by Gasteiger charge is 1.97. The number of carbonyl (C=O) groups is 2. The highest BCUT2D eigenvalue weighted by Crippen LogP contribution is 2.15. The number of carbonyl (C=O) groups excluding carboxylic acids is 2. The molecule has 0 fully saturated rings. The Morgan fingerprint density at radius 2 is 0.457 bits per heavy atom. The molecule has 0 saturated carbocycles. The molecule has 0 bridgehead atoms. The van der Waals surface area contributed by atoms with E-state index < -0.39 is 0 Å². The van der Waals surface area contributed by atoms with Crippen LogP contribution in [-0.4, -0.2) is 25.2 Å². The van der Waals surface area contributed by atoms with Crippen LogP contribution in [0.4, 0.5) is 0 Å². The number of hydrogen-bond donors (Lipinski definition) is 0. The summed E-state index contributed by atoms with van der Waals surface area (Å²) in [6.07, 6.45) is 33.7. The van der Waals surface area contributed by atoms with Gasteiger partial charge >= 0.3 is 11.9 Å². The molecule has 0 rings (SSSR count). The Balaban J connectivity index is 3.03. The molecule has 208 valence electrons. The van der Waals surface area contributed by atoms with Crippen LogP contribution in [0.2, 0.25) is 0 Å². The van der Waals surface area contributed by atoms with Gasteiger partial charge in [-0.15, -0.1) is 0 Å². The lowest BCUT2D eigenvalue weighted by Crippen LogP contribution is -2.00. The summed E-state index contributed by atoms with van der Waals surface area (Å²) in [5.41, 5.74) is 0. The third-order valence-electron chi connectivity index (χ3n) is 6.90. The van der Waals surface area contributed by atoms with Gasteiger partial charge in [-0.05, 0) is 12.8 Å². The maximum absolute atomic E-state index is 10.7. The van der Waals surface area contributed by atoms with Gasteiger partial charge in [0.15, 0.2) is 0 Å². The average molecular weight is 497 g/mol. The fraction of sp³-hybridized carbons (Fsp3) is 0.935. The summed E-state index contributed by atoms with van der Waals surface area (Å²) in [5.74, 6) is -0.311.